The van der Waals surface area contributed by atoms with E-state index in [0.717, 1.165) is 12.1 Å². The highest BCUT2D eigenvalue weighted by Gasteiger charge is 2.13. The summed E-state index contributed by atoms with van der Waals surface area (Å²) in [5.41, 5.74) is -0.383. The molecule has 0 aliphatic carbocycles. The van der Waals surface area contributed by atoms with E-state index in [9.17, 15) is 18.4 Å². The fourth-order valence-corrected chi connectivity index (χ4v) is 1.53. The number of nitrogens with one attached hydrogen (secondary N) is 1. The first-order valence-electron chi connectivity index (χ1n) is 4.76. The molecule has 0 bridgehead atoms. The van der Waals surface area contributed by atoms with Crippen LogP contribution in [0.4, 0.5) is 8.78 Å². The Bertz CT molecular complexity index is 635. The second-order valence-corrected chi connectivity index (χ2v) is 3.39. The zero-order valence-electron chi connectivity index (χ0n) is 8.54. The monoisotopic (exact) mass is 235 g/mol. The van der Waals surface area contributed by atoms with Crippen molar-refractivity contribution >= 4 is 6.29 Å². The number of aromatic amines is 1. The van der Waals surface area contributed by atoms with Crippen molar-refractivity contribution in [2.45, 2.75) is 0 Å². The van der Waals surface area contributed by atoms with Gasteiger partial charge in [-0.05, 0) is 6.07 Å². The van der Waals surface area contributed by atoms with Crippen LogP contribution in [0.25, 0.3) is 11.1 Å². The molecule has 0 saturated heterocycles. The van der Waals surface area contributed by atoms with Gasteiger partial charge in [0.05, 0.1) is 0 Å². The molecule has 0 fully saturated rings. The third-order valence-electron chi connectivity index (χ3n) is 2.33. The van der Waals surface area contributed by atoms with Crippen molar-refractivity contribution in [2.75, 3.05) is 0 Å². The van der Waals surface area contributed by atoms with E-state index in [1.54, 1.807) is 0 Å². The molecular formula is C12H7F2NO2. The van der Waals surface area contributed by atoms with E-state index in [4.69, 9.17) is 0 Å². The lowest BCUT2D eigenvalue weighted by molar-refractivity contribution is 0.112. The van der Waals surface area contributed by atoms with Crippen LogP contribution >= 0.6 is 0 Å². The Kier molecular flexibility index (Phi) is 2.82. The fourth-order valence-electron chi connectivity index (χ4n) is 1.53. The number of H-pyrrole nitrogens is 1. The molecule has 17 heavy (non-hydrogen) atoms. The van der Waals surface area contributed by atoms with Crippen molar-refractivity contribution < 1.29 is 13.6 Å². The van der Waals surface area contributed by atoms with Crippen molar-refractivity contribution in [3.8, 4) is 11.1 Å². The lowest BCUT2D eigenvalue weighted by atomic mass is 10.0. The maximum Gasteiger partial charge on any atom is 0.248 e. The summed E-state index contributed by atoms with van der Waals surface area (Å²) in [6, 6.07) is 4.67. The van der Waals surface area contributed by atoms with E-state index in [2.05, 4.69) is 4.98 Å². The van der Waals surface area contributed by atoms with E-state index in [-0.39, 0.29) is 16.7 Å². The molecule has 0 atom stereocenters. The van der Waals surface area contributed by atoms with E-state index in [1.807, 2.05) is 0 Å². The van der Waals surface area contributed by atoms with Crippen LogP contribution in [0.5, 0.6) is 0 Å². The molecule has 5 heteroatoms. The molecule has 2 rings (SSSR count). The standard InChI is InChI=1S/C12H7F2NO2/c13-10-3-1-2-8(12(10)14)9-5-15-11(17)4-7(9)6-16/h1-6H,(H,15,17). The molecule has 0 saturated carbocycles. The number of rotatable bonds is 2. The molecule has 0 aliphatic rings. The molecule has 0 amide bonds. The van der Waals surface area contributed by atoms with E-state index >= 15 is 0 Å². The van der Waals surface area contributed by atoms with Crippen LogP contribution < -0.4 is 5.56 Å². The summed E-state index contributed by atoms with van der Waals surface area (Å²) in [5, 5.41) is 0. The molecule has 2 aromatic rings. The first kappa shape index (κ1) is 11.2. The average molecular weight is 235 g/mol. The third kappa shape index (κ3) is 1.99. The number of hydrogen-bond donors (Lipinski definition) is 1. The van der Waals surface area contributed by atoms with E-state index < -0.39 is 17.2 Å². The van der Waals surface area contributed by atoms with Gasteiger partial charge in [-0.25, -0.2) is 8.78 Å². The van der Waals surface area contributed by atoms with Crippen LogP contribution in [0.15, 0.2) is 35.3 Å². The zero-order valence-corrected chi connectivity index (χ0v) is 8.54. The Labute approximate surface area is 94.7 Å². The van der Waals surface area contributed by atoms with Crippen molar-refractivity contribution in [2.24, 2.45) is 0 Å². The second kappa shape index (κ2) is 4.29. The van der Waals surface area contributed by atoms with E-state index in [0.29, 0.717) is 6.29 Å². The van der Waals surface area contributed by atoms with Crippen LogP contribution in [-0.4, -0.2) is 11.3 Å². The van der Waals surface area contributed by atoms with Gasteiger partial charge in [0, 0.05) is 29.0 Å². The normalized spacial score (nSPS) is 10.2. The number of aromatic nitrogens is 1. The van der Waals surface area contributed by atoms with Crippen LogP contribution in [0.2, 0.25) is 0 Å². The number of carbonyl (C=O) groups is 1. The first-order chi connectivity index (χ1) is 8.13. The van der Waals surface area contributed by atoms with Crippen molar-refractivity contribution in [1.82, 2.24) is 4.98 Å². The molecule has 1 N–H and O–H groups in total. The first-order valence-corrected chi connectivity index (χ1v) is 4.76. The van der Waals surface area contributed by atoms with Crippen molar-refractivity contribution in [3.63, 3.8) is 0 Å². The second-order valence-electron chi connectivity index (χ2n) is 3.39. The topological polar surface area (TPSA) is 49.9 Å². The minimum Gasteiger partial charge on any atom is -0.328 e. The highest BCUT2D eigenvalue weighted by Crippen LogP contribution is 2.25. The van der Waals surface area contributed by atoms with Gasteiger partial charge in [0.1, 0.15) is 0 Å². The predicted molar refractivity (Wildman–Crippen MR) is 57.8 cm³/mol. The van der Waals surface area contributed by atoms with Gasteiger partial charge in [-0.1, -0.05) is 12.1 Å². The quantitative estimate of drug-likeness (QED) is 0.810. The third-order valence-corrected chi connectivity index (χ3v) is 2.33. The SMILES string of the molecule is O=Cc1cc(=O)[nH]cc1-c1cccc(F)c1F. The van der Waals surface area contributed by atoms with Crippen LogP contribution in [-0.2, 0) is 0 Å². The molecule has 1 heterocycles. The molecular weight excluding hydrogens is 228 g/mol. The molecule has 0 radical (unpaired) electrons. The van der Waals surface area contributed by atoms with Crippen molar-refractivity contribution in [1.29, 1.82) is 0 Å². The van der Waals surface area contributed by atoms with E-state index in [1.165, 1.54) is 18.3 Å². The van der Waals surface area contributed by atoms with Gasteiger partial charge in [-0.3, -0.25) is 9.59 Å². The summed E-state index contributed by atoms with van der Waals surface area (Å²) in [7, 11) is 0. The van der Waals surface area contributed by atoms with Gasteiger partial charge < -0.3 is 4.98 Å². The average Bonchev–Trinajstić information content (AvgIpc) is 2.33. The molecule has 0 aliphatic heterocycles. The van der Waals surface area contributed by atoms with Gasteiger partial charge in [0.2, 0.25) is 5.56 Å². The summed E-state index contributed by atoms with van der Waals surface area (Å²) in [5.74, 6) is -2.06. The van der Waals surface area contributed by atoms with Gasteiger partial charge >= 0.3 is 0 Å². The summed E-state index contributed by atoms with van der Waals surface area (Å²) in [4.78, 5) is 24.1. The molecule has 0 spiro atoms. The molecule has 1 aromatic carbocycles. The molecule has 3 nitrogen and oxygen atoms in total. The fraction of sp³-hybridized carbons (Fsp3) is 0. The summed E-state index contributed by atoms with van der Waals surface area (Å²) < 4.78 is 26.6. The summed E-state index contributed by atoms with van der Waals surface area (Å²) >= 11 is 0. The smallest absolute Gasteiger partial charge is 0.248 e. The molecule has 0 unspecified atom stereocenters. The minimum atomic E-state index is -1.05. The maximum atomic E-state index is 13.5. The Balaban J connectivity index is 2.72. The Morgan fingerprint density at radius 3 is 2.65 bits per heavy atom. The van der Waals surface area contributed by atoms with Gasteiger partial charge in [-0.2, -0.15) is 0 Å². The number of carbonyl (C=O) groups excluding carboxylic acids is 1. The zero-order chi connectivity index (χ0) is 12.4. The number of pyridine rings is 1. The highest BCUT2D eigenvalue weighted by atomic mass is 19.2. The van der Waals surface area contributed by atoms with Crippen LogP contribution in [0, 0.1) is 11.6 Å². The number of halogens is 2. The highest BCUT2D eigenvalue weighted by molar-refractivity contribution is 5.87. The summed E-state index contributed by atoms with van der Waals surface area (Å²) in [6.07, 6.45) is 1.61. The molecule has 86 valence electrons. The largest absolute Gasteiger partial charge is 0.328 e. The van der Waals surface area contributed by atoms with Crippen LogP contribution in [0.1, 0.15) is 10.4 Å². The van der Waals surface area contributed by atoms with Crippen LogP contribution in [0.3, 0.4) is 0 Å². The lowest BCUT2D eigenvalue weighted by Gasteiger charge is -2.05. The minimum absolute atomic E-state index is 0.0123. The predicted octanol–water partition coefficient (Wildman–Crippen LogP) is 2.13. The Morgan fingerprint density at radius 2 is 1.94 bits per heavy atom. The van der Waals surface area contributed by atoms with Gasteiger partial charge in [-0.15, -0.1) is 0 Å². The molecule has 1 aromatic heterocycles. The number of hydrogen-bond acceptors (Lipinski definition) is 2. The maximum absolute atomic E-state index is 13.5. The Morgan fingerprint density at radius 1 is 1.18 bits per heavy atom. The lowest BCUT2D eigenvalue weighted by Crippen LogP contribution is -2.06. The number of aldehydes is 1. The van der Waals surface area contributed by atoms with Gasteiger partial charge in [0.25, 0.3) is 0 Å². The number of benzene rings is 1. The Hall–Kier alpha value is -2.30. The van der Waals surface area contributed by atoms with Crippen molar-refractivity contribution in [3.05, 3.63) is 58.0 Å². The van der Waals surface area contributed by atoms with Gasteiger partial charge in [0.15, 0.2) is 17.9 Å². The summed E-state index contributed by atoms with van der Waals surface area (Å²) in [6.45, 7) is 0.